The highest BCUT2D eigenvalue weighted by Gasteiger charge is 2.18. The molecule has 1 aliphatic carbocycles. The summed E-state index contributed by atoms with van der Waals surface area (Å²) in [6, 6.07) is 17.9. The van der Waals surface area contributed by atoms with Gasteiger partial charge in [0.1, 0.15) is 0 Å². The third-order valence-corrected chi connectivity index (χ3v) is 4.60. The molecule has 1 aliphatic rings. The van der Waals surface area contributed by atoms with Crippen molar-refractivity contribution in [2.24, 2.45) is 5.73 Å². The lowest BCUT2D eigenvalue weighted by Crippen LogP contribution is -2.08. The molecule has 2 aromatic rings. The first-order valence-electron chi connectivity index (χ1n) is 7.74. The van der Waals surface area contributed by atoms with Crippen LogP contribution >= 0.6 is 0 Å². The van der Waals surface area contributed by atoms with Crippen LogP contribution in [-0.4, -0.2) is 0 Å². The van der Waals surface area contributed by atoms with Crippen molar-refractivity contribution in [1.82, 2.24) is 0 Å². The zero-order chi connectivity index (χ0) is 13.9. The van der Waals surface area contributed by atoms with Crippen molar-refractivity contribution in [1.29, 1.82) is 0 Å². The van der Waals surface area contributed by atoms with Gasteiger partial charge in [-0.3, -0.25) is 0 Å². The van der Waals surface area contributed by atoms with Crippen molar-refractivity contribution in [2.45, 2.75) is 44.6 Å². The minimum Gasteiger partial charge on any atom is -0.324 e. The molecular weight excluding hydrogens is 242 g/mol. The zero-order valence-corrected chi connectivity index (χ0v) is 12.2. The summed E-state index contributed by atoms with van der Waals surface area (Å²) in [5.41, 5.74) is 11.4. The molecule has 2 aromatic carbocycles. The van der Waals surface area contributed by atoms with E-state index in [0.29, 0.717) is 0 Å². The lowest BCUT2D eigenvalue weighted by Gasteiger charge is -2.25. The van der Waals surface area contributed by atoms with Crippen LogP contribution in [0.25, 0.3) is 11.1 Å². The Hall–Kier alpha value is -1.60. The SMILES string of the molecule is CCC(N)c1ccc(-c2ccc(C3CCC3)cc2)cc1. The molecule has 0 spiro atoms. The lowest BCUT2D eigenvalue weighted by molar-refractivity contribution is 0.420. The van der Waals surface area contributed by atoms with Crippen molar-refractivity contribution in [2.75, 3.05) is 0 Å². The molecule has 1 heteroatoms. The van der Waals surface area contributed by atoms with Crippen LogP contribution in [0.3, 0.4) is 0 Å². The molecule has 1 saturated carbocycles. The fourth-order valence-electron chi connectivity index (χ4n) is 2.85. The standard InChI is InChI=1S/C19H23N/c1-2-19(20)18-12-10-17(11-13-18)16-8-6-15(7-9-16)14-4-3-5-14/h6-14,19H,2-5,20H2,1H3. The monoisotopic (exact) mass is 265 g/mol. The van der Waals surface area contributed by atoms with Crippen LogP contribution in [0, 0.1) is 0 Å². The zero-order valence-electron chi connectivity index (χ0n) is 12.2. The Bertz CT molecular complexity index is 503. The predicted molar refractivity (Wildman–Crippen MR) is 85.7 cm³/mol. The molecule has 0 amide bonds. The van der Waals surface area contributed by atoms with E-state index in [0.717, 1.165) is 12.3 Å². The van der Waals surface area contributed by atoms with Crippen LogP contribution in [0.1, 0.15) is 55.7 Å². The molecule has 0 aliphatic heterocycles. The van der Waals surface area contributed by atoms with Gasteiger partial charge in [-0.05, 0) is 47.4 Å². The first kappa shape index (κ1) is 13.4. The highest BCUT2D eigenvalue weighted by Crippen LogP contribution is 2.36. The number of rotatable bonds is 4. The first-order chi connectivity index (χ1) is 9.78. The summed E-state index contributed by atoms with van der Waals surface area (Å²) >= 11 is 0. The Morgan fingerprint density at radius 3 is 1.95 bits per heavy atom. The second-order valence-electron chi connectivity index (χ2n) is 5.89. The summed E-state index contributed by atoms with van der Waals surface area (Å²) in [5.74, 6) is 0.814. The molecule has 0 heterocycles. The van der Waals surface area contributed by atoms with E-state index < -0.39 is 0 Å². The first-order valence-corrected chi connectivity index (χ1v) is 7.74. The van der Waals surface area contributed by atoms with E-state index in [1.54, 1.807) is 0 Å². The molecule has 1 unspecified atom stereocenters. The second-order valence-corrected chi connectivity index (χ2v) is 5.89. The van der Waals surface area contributed by atoms with E-state index in [-0.39, 0.29) is 6.04 Å². The normalized spacial score (nSPS) is 16.7. The maximum Gasteiger partial charge on any atom is 0.0292 e. The number of benzene rings is 2. The largest absolute Gasteiger partial charge is 0.324 e. The van der Waals surface area contributed by atoms with E-state index in [4.69, 9.17) is 5.73 Å². The van der Waals surface area contributed by atoms with Crippen LogP contribution in [0.4, 0.5) is 0 Å². The number of hydrogen-bond acceptors (Lipinski definition) is 1. The third-order valence-electron chi connectivity index (χ3n) is 4.60. The Labute approximate surface area is 121 Å². The van der Waals surface area contributed by atoms with Gasteiger partial charge < -0.3 is 5.73 Å². The average molecular weight is 265 g/mol. The van der Waals surface area contributed by atoms with E-state index in [1.807, 2.05) is 0 Å². The molecule has 0 saturated heterocycles. The van der Waals surface area contributed by atoms with Crippen LogP contribution in [0.15, 0.2) is 48.5 Å². The smallest absolute Gasteiger partial charge is 0.0292 e. The van der Waals surface area contributed by atoms with Gasteiger partial charge in [0.05, 0.1) is 0 Å². The number of nitrogens with two attached hydrogens (primary N) is 1. The topological polar surface area (TPSA) is 26.0 Å². The maximum absolute atomic E-state index is 6.06. The van der Waals surface area contributed by atoms with Crippen LogP contribution in [-0.2, 0) is 0 Å². The Balaban J connectivity index is 1.78. The minimum atomic E-state index is 0.157. The summed E-state index contributed by atoms with van der Waals surface area (Å²) in [6.07, 6.45) is 5.10. The maximum atomic E-state index is 6.06. The van der Waals surface area contributed by atoms with Gasteiger partial charge in [-0.25, -0.2) is 0 Å². The molecule has 2 N–H and O–H groups in total. The van der Waals surface area contributed by atoms with Gasteiger partial charge in [0.15, 0.2) is 0 Å². The molecule has 0 bridgehead atoms. The van der Waals surface area contributed by atoms with Crippen molar-refractivity contribution < 1.29 is 0 Å². The highest BCUT2D eigenvalue weighted by atomic mass is 14.6. The van der Waals surface area contributed by atoms with Crippen molar-refractivity contribution in [3.63, 3.8) is 0 Å². The van der Waals surface area contributed by atoms with Gasteiger partial charge in [-0.15, -0.1) is 0 Å². The second kappa shape index (κ2) is 5.80. The predicted octanol–water partition coefficient (Wildman–Crippen LogP) is 5.03. The van der Waals surface area contributed by atoms with E-state index in [1.165, 1.54) is 41.5 Å². The molecule has 0 aromatic heterocycles. The molecule has 3 rings (SSSR count). The quantitative estimate of drug-likeness (QED) is 0.824. The Morgan fingerprint density at radius 1 is 0.950 bits per heavy atom. The van der Waals surface area contributed by atoms with Crippen LogP contribution < -0.4 is 5.73 Å². The highest BCUT2D eigenvalue weighted by molar-refractivity contribution is 5.64. The van der Waals surface area contributed by atoms with Gasteiger partial charge >= 0.3 is 0 Å². The fourth-order valence-corrected chi connectivity index (χ4v) is 2.85. The van der Waals surface area contributed by atoms with Crippen LogP contribution in [0.2, 0.25) is 0 Å². The summed E-state index contributed by atoms with van der Waals surface area (Å²) in [6.45, 7) is 2.12. The summed E-state index contributed by atoms with van der Waals surface area (Å²) in [5, 5.41) is 0. The Kier molecular flexibility index (Phi) is 3.88. The van der Waals surface area contributed by atoms with Crippen molar-refractivity contribution >= 4 is 0 Å². The van der Waals surface area contributed by atoms with Gasteiger partial charge in [0.2, 0.25) is 0 Å². The Morgan fingerprint density at radius 2 is 1.50 bits per heavy atom. The van der Waals surface area contributed by atoms with Crippen molar-refractivity contribution in [3.8, 4) is 11.1 Å². The minimum absolute atomic E-state index is 0.157. The molecule has 1 nitrogen and oxygen atoms in total. The summed E-state index contributed by atoms with van der Waals surface area (Å²) < 4.78 is 0. The molecule has 1 atom stereocenters. The molecule has 20 heavy (non-hydrogen) atoms. The molecule has 104 valence electrons. The van der Waals surface area contributed by atoms with E-state index in [2.05, 4.69) is 55.5 Å². The van der Waals surface area contributed by atoms with Gasteiger partial charge in [0, 0.05) is 6.04 Å². The van der Waals surface area contributed by atoms with Gasteiger partial charge in [0.25, 0.3) is 0 Å². The summed E-state index contributed by atoms with van der Waals surface area (Å²) in [4.78, 5) is 0. The number of hydrogen-bond donors (Lipinski definition) is 1. The van der Waals surface area contributed by atoms with E-state index in [9.17, 15) is 0 Å². The fraction of sp³-hybridized carbons (Fsp3) is 0.368. The van der Waals surface area contributed by atoms with Gasteiger partial charge in [-0.1, -0.05) is 61.9 Å². The third kappa shape index (κ3) is 2.64. The molecule has 1 fully saturated rings. The summed E-state index contributed by atoms with van der Waals surface area (Å²) in [7, 11) is 0. The molecular formula is C19H23N. The molecule has 0 radical (unpaired) electrons. The van der Waals surface area contributed by atoms with Gasteiger partial charge in [-0.2, -0.15) is 0 Å². The van der Waals surface area contributed by atoms with E-state index >= 15 is 0 Å². The van der Waals surface area contributed by atoms with Crippen molar-refractivity contribution in [3.05, 3.63) is 59.7 Å². The van der Waals surface area contributed by atoms with Crippen LogP contribution in [0.5, 0.6) is 0 Å². The average Bonchev–Trinajstić information content (AvgIpc) is 2.46. The lowest BCUT2D eigenvalue weighted by atomic mass is 9.80.